The van der Waals surface area contributed by atoms with E-state index >= 15 is 0 Å². The van der Waals surface area contributed by atoms with Crippen molar-refractivity contribution in [3.05, 3.63) is 39.6 Å². The number of aromatic nitrogens is 3. The van der Waals surface area contributed by atoms with Gasteiger partial charge in [-0.05, 0) is 44.4 Å². The fourth-order valence-electron chi connectivity index (χ4n) is 2.60. The van der Waals surface area contributed by atoms with Gasteiger partial charge >= 0.3 is 0 Å². The van der Waals surface area contributed by atoms with E-state index in [4.69, 9.17) is 23.2 Å². The molecule has 3 rings (SSSR count). The van der Waals surface area contributed by atoms with Gasteiger partial charge in [0.15, 0.2) is 5.16 Å². The lowest BCUT2D eigenvalue weighted by atomic mass is 10.1. The van der Waals surface area contributed by atoms with Gasteiger partial charge in [-0.1, -0.05) is 41.0 Å². The monoisotopic (exact) mass is 398 g/mol. The first-order chi connectivity index (χ1) is 11.9. The van der Waals surface area contributed by atoms with Gasteiger partial charge in [-0.3, -0.25) is 4.79 Å². The Morgan fingerprint density at radius 1 is 1.32 bits per heavy atom. The van der Waals surface area contributed by atoms with Gasteiger partial charge in [0.25, 0.3) is 0 Å². The first-order valence-electron chi connectivity index (χ1n) is 8.18. The van der Waals surface area contributed by atoms with Gasteiger partial charge in [0.05, 0.1) is 11.3 Å². The zero-order chi connectivity index (χ0) is 18.1. The molecule has 0 unspecified atom stereocenters. The molecule has 0 spiro atoms. The molecule has 8 heteroatoms. The van der Waals surface area contributed by atoms with Gasteiger partial charge in [0, 0.05) is 23.0 Å². The summed E-state index contributed by atoms with van der Waals surface area (Å²) in [7, 11) is 1.96. The Morgan fingerprint density at radius 2 is 2.04 bits per heavy atom. The maximum absolute atomic E-state index is 12.5. The second-order valence-corrected chi connectivity index (χ2v) is 8.48. The third-order valence-electron chi connectivity index (χ3n) is 4.25. The Labute approximate surface area is 161 Å². The van der Waals surface area contributed by atoms with Crippen LogP contribution in [0.3, 0.4) is 0 Å². The first-order valence-corrected chi connectivity index (χ1v) is 9.81. The maximum atomic E-state index is 12.5. The molecule has 1 fully saturated rings. The van der Waals surface area contributed by atoms with Crippen LogP contribution < -0.4 is 5.32 Å². The van der Waals surface area contributed by atoms with Crippen LogP contribution in [-0.4, -0.2) is 25.9 Å². The predicted molar refractivity (Wildman–Crippen MR) is 101 cm³/mol. The largest absolute Gasteiger partial charge is 0.349 e. The Bertz CT molecular complexity index is 791. The highest BCUT2D eigenvalue weighted by atomic mass is 35.5. The average Bonchev–Trinajstić information content (AvgIpc) is 3.32. The van der Waals surface area contributed by atoms with E-state index in [1.54, 1.807) is 12.1 Å². The number of hydrogen-bond acceptors (Lipinski definition) is 4. The third kappa shape index (κ3) is 4.30. The van der Waals surface area contributed by atoms with Gasteiger partial charge in [-0.25, -0.2) is 0 Å². The maximum Gasteiger partial charge on any atom is 0.233 e. The van der Waals surface area contributed by atoms with Crippen molar-refractivity contribution in [1.29, 1.82) is 0 Å². The van der Waals surface area contributed by atoms with Crippen molar-refractivity contribution in [3.63, 3.8) is 0 Å². The van der Waals surface area contributed by atoms with Crippen LogP contribution in [0.25, 0.3) is 0 Å². The first kappa shape index (κ1) is 18.5. The predicted octanol–water partition coefficient (Wildman–Crippen LogP) is 4.36. The molecule has 2 aromatic rings. The molecule has 1 heterocycles. The molecule has 0 radical (unpaired) electrons. The third-order valence-corrected chi connectivity index (χ3v) is 5.95. The van der Waals surface area contributed by atoms with Crippen molar-refractivity contribution < 1.29 is 4.79 Å². The number of thioether (sulfide) groups is 1. The summed E-state index contributed by atoms with van der Waals surface area (Å²) in [6, 6.07) is 5.07. The summed E-state index contributed by atoms with van der Waals surface area (Å²) < 4.78 is 1.99. The highest BCUT2D eigenvalue weighted by Gasteiger charge is 2.30. The highest BCUT2D eigenvalue weighted by Crippen LogP contribution is 2.39. The summed E-state index contributed by atoms with van der Waals surface area (Å²) >= 11 is 13.5. The van der Waals surface area contributed by atoms with E-state index in [9.17, 15) is 4.79 Å². The number of nitrogens with one attached hydrogen (secondary N) is 1. The van der Waals surface area contributed by atoms with Crippen LogP contribution in [0.15, 0.2) is 23.4 Å². The molecule has 2 atom stereocenters. The molecule has 134 valence electrons. The number of hydrogen-bond donors (Lipinski definition) is 1. The lowest BCUT2D eigenvalue weighted by Crippen LogP contribution is -2.33. The topological polar surface area (TPSA) is 59.8 Å². The lowest BCUT2D eigenvalue weighted by molar-refractivity contribution is -0.120. The van der Waals surface area contributed by atoms with Crippen LogP contribution in [0.2, 0.25) is 10.0 Å². The molecule has 25 heavy (non-hydrogen) atoms. The number of halogens is 2. The van der Waals surface area contributed by atoms with Gasteiger partial charge in [-0.2, -0.15) is 0 Å². The molecule has 1 amide bonds. The van der Waals surface area contributed by atoms with Crippen LogP contribution in [0.1, 0.15) is 50.0 Å². The fourth-order valence-corrected chi connectivity index (χ4v) is 4.00. The van der Waals surface area contributed by atoms with Crippen molar-refractivity contribution in [2.75, 3.05) is 0 Å². The molecule has 1 saturated carbocycles. The van der Waals surface area contributed by atoms with E-state index < -0.39 is 0 Å². The summed E-state index contributed by atoms with van der Waals surface area (Å²) in [5.41, 5.74) is 0.839. The molecule has 1 aromatic heterocycles. The standard InChI is InChI=1S/C17H20Cl2N4OS/c1-9(13-7-6-12(18)8-14(13)19)20-16(24)10(2)25-17-22-21-15(23(17)3)11-4-5-11/h6-11H,4-5H2,1-3H3,(H,20,24)/t9-,10+/m0/s1. The Kier molecular flexibility index (Phi) is 5.61. The van der Waals surface area contributed by atoms with E-state index in [-0.39, 0.29) is 17.2 Å². The zero-order valence-electron chi connectivity index (χ0n) is 14.3. The van der Waals surface area contributed by atoms with Crippen molar-refractivity contribution in [3.8, 4) is 0 Å². The van der Waals surface area contributed by atoms with Gasteiger partial charge in [0.2, 0.25) is 5.91 Å². The molecule has 1 aliphatic carbocycles. The van der Waals surface area contributed by atoms with E-state index in [2.05, 4.69) is 15.5 Å². The molecule has 1 N–H and O–H groups in total. The minimum absolute atomic E-state index is 0.0699. The smallest absolute Gasteiger partial charge is 0.233 e. The normalized spacial score (nSPS) is 16.5. The second kappa shape index (κ2) is 7.56. The zero-order valence-corrected chi connectivity index (χ0v) is 16.6. The number of benzene rings is 1. The average molecular weight is 399 g/mol. The molecule has 5 nitrogen and oxygen atoms in total. The van der Waals surface area contributed by atoms with Crippen LogP contribution in [-0.2, 0) is 11.8 Å². The highest BCUT2D eigenvalue weighted by molar-refractivity contribution is 8.00. The molecular formula is C17H20Cl2N4OS. The number of rotatable bonds is 6. The minimum Gasteiger partial charge on any atom is -0.349 e. The number of nitrogens with zero attached hydrogens (tertiary/aromatic N) is 3. The van der Waals surface area contributed by atoms with Crippen molar-refractivity contribution in [2.24, 2.45) is 7.05 Å². The SMILES string of the molecule is C[C@H](NC(=O)[C@@H](C)Sc1nnc(C2CC2)n1C)c1ccc(Cl)cc1Cl. The van der Waals surface area contributed by atoms with Gasteiger partial charge < -0.3 is 9.88 Å². The van der Waals surface area contributed by atoms with Crippen LogP contribution >= 0.6 is 35.0 Å². The van der Waals surface area contributed by atoms with E-state index in [0.717, 1.165) is 16.5 Å². The number of amides is 1. The van der Waals surface area contributed by atoms with Crippen LogP contribution in [0.5, 0.6) is 0 Å². The Morgan fingerprint density at radius 3 is 2.68 bits per heavy atom. The quantitative estimate of drug-likeness (QED) is 0.734. The summed E-state index contributed by atoms with van der Waals surface area (Å²) in [4.78, 5) is 12.5. The number of carbonyl (C=O) groups excluding carboxylic acids is 1. The van der Waals surface area contributed by atoms with Crippen molar-refractivity contribution in [2.45, 2.75) is 49.1 Å². The number of carbonyl (C=O) groups is 1. The molecule has 0 saturated heterocycles. The lowest BCUT2D eigenvalue weighted by Gasteiger charge is -2.18. The van der Waals surface area contributed by atoms with E-state index in [1.807, 2.05) is 31.5 Å². The van der Waals surface area contributed by atoms with Crippen LogP contribution in [0.4, 0.5) is 0 Å². The van der Waals surface area contributed by atoms with Crippen molar-refractivity contribution >= 4 is 40.9 Å². The summed E-state index contributed by atoms with van der Waals surface area (Å²) in [5.74, 6) is 1.47. The minimum atomic E-state index is -0.288. The Hall–Kier alpha value is -1.24. The molecule has 0 aliphatic heterocycles. The summed E-state index contributed by atoms with van der Waals surface area (Å²) in [5, 5.41) is 13.1. The van der Waals surface area contributed by atoms with E-state index in [0.29, 0.717) is 16.0 Å². The Balaban J connectivity index is 1.62. The van der Waals surface area contributed by atoms with Crippen molar-refractivity contribution in [1.82, 2.24) is 20.1 Å². The summed E-state index contributed by atoms with van der Waals surface area (Å²) in [6.45, 7) is 3.76. The van der Waals surface area contributed by atoms with Gasteiger partial charge in [0.1, 0.15) is 5.82 Å². The van der Waals surface area contributed by atoms with Crippen LogP contribution in [0, 0.1) is 0 Å². The molecule has 1 aliphatic rings. The fraction of sp³-hybridized carbons (Fsp3) is 0.471. The van der Waals surface area contributed by atoms with Gasteiger partial charge in [-0.15, -0.1) is 10.2 Å². The second-order valence-electron chi connectivity index (χ2n) is 6.33. The molecule has 1 aromatic carbocycles. The molecule has 0 bridgehead atoms. The van der Waals surface area contributed by atoms with E-state index in [1.165, 1.54) is 24.6 Å². The molecular weight excluding hydrogens is 379 g/mol. The summed E-state index contributed by atoms with van der Waals surface area (Å²) in [6.07, 6.45) is 2.35.